The lowest BCUT2D eigenvalue weighted by molar-refractivity contribution is -0.128. The zero-order valence-corrected chi connectivity index (χ0v) is 19.6. The van der Waals surface area contributed by atoms with Gasteiger partial charge in [0.1, 0.15) is 21.8 Å². The highest BCUT2D eigenvalue weighted by Crippen LogP contribution is 2.25. The van der Waals surface area contributed by atoms with Crippen LogP contribution in [0.5, 0.6) is 11.8 Å². The maximum absolute atomic E-state index is 12.6. The molecule has 3 aromatic heterocycles. The van der Waals surface area contributed by atoms with Gasteiger partial charge < -0.3 is 9.47 Å². The van der Waals surface area contributed by atoms with Crippen molar-refractivity contribution in [3.05, 3.63) is 58.3 Å². The van der Waals surface area contributed by atoms with Crippen LogP contribution < -0.4 is 20.2 Å². The van der Waals surface area contributed by atoms with E-state index >= 15 is 0 Å². The van der Waals surface area contributed by atoms with Gasteiger partial charge in [-0.3, -0.25) is 19.9 Å². The molecule has 10 nitrogen and oxygen atoms in total. The quantitative estimate of drug-likeness (QED) is 0.510. The Morgan fingerprint density at radius 3 is 1.26 bits per heavy atom. The third-order valence-electron chi connectivity index (χ3n) is 5.45. The largest absolute Gasteiger partial charge is 0.401 e. The highest BCUT2D eigenvalue weighted by molar-refractivity contribution is 6.19. The van der Waals surface area contributed by atoms with Gasteiger partial charge in [-0.25, -0.2) is 19.6 Å². The second-order valence-corrected chi connectivity index (χ2v) is 10.1. The zero-order chi connectivity index (χ0) is 24.4. The van der Waals surface area contributed by atoms with E-state index in [1.165, 1.54) is 12.4 Å². The van der Waals surface area contributed by atoms with Gasteiger partial charge >= 0.3 is 11.9 Å². The van der Waals surface area contributed by atoms with Crippen LogP contribution in [-0.4, -0.2) is 41.8 Å². The molecule has 10 heteroatoms. The van der Waals surface area contributed by atoms with E-state index in [4.69, 9.17) is 9.47 Å². The molecule has 0 aromatic carbocycles. The molecule has 2 aliphatic heterocycles. The molecule has 0 atom stereocenters. The molecule has 2 aliphatic rings. The Bertz CT molecular complexity index is 1370. The average Bonchev–Trinajstić information content (AvgIpc) is 3.25. The van der Waals surface area contributed by atoms with Gasteiger partial charge in [0.05, 0.1) is 35.2 Å². The number of nitrogens with zero attached hydrogens (tertiary/aromatic N) is 6. The summed E-state index contributed by atoms with van der Waals surface area (Å²) in [6.07, 6.45) is 6.22. The molecule has 0 aliphatic carbocycles. The normalized spacial score (nSPS) is 15.2. The fraction of sp³-hybridized carbons (Fsp3) is 0.333. The van der Waals surface area contributed by atoms with Gasteiger partial charge in [0.15, 0.2) is 0 Å². The van der Waals surface area contributed by atoms with Gasteiger partial charge in [-0.1, -0.05) is 41.5 Å². The minimum absolute atomic E-state index is 0.0319. The summed E-state index contributed by atoms with van der Waals surface area (Å²) in [5.74, 6) is -1.37. The van der Waals surface area contributed by atoms with Crippen LogP contribution in [0.2, 0.25) is 0 Å². The van der Waals surface area contributed by atoms with Gasteiger partial charge in [0, 0.05) is 23.2 Å². The Kier molecular flexibility index (Phi) is 4.61. The van der Waals surface area contributed by atoms with Gasteiger partial charge in [-0.15, -0.1) is 0 Å². The second kappa shape index (κ2) is 7.21. The SMILES string of the molecule is CC(C)(C)c1cnc(C2=c3nc4c(nc3OC2=O)=C(c2cnc(C(C)(C)C)cn2)C(=O)O4)cn1. The molecule has 3 aromatic rings. The van der Waals surface area contributed by atoms with Crippen LogP contribution in [-0.2, 0) is 20.4 Å². The minimum Gasteiger partial charge on any atom is -0.401 e. The zero-order valence-electron chi connectivity index (χ0n) is 19.6. The number of hydrogen-bond acceptors (Lipinski definition) is 10. The number of carbonyl (C=O) groups excluding carboxylic acids is 2. The molecule has 0 spiro atoms. The molecular formula is C24H22N6O4. The predicted octanol–water partition coefficient (Wildman–Crippen LogP) is 0.888. The summed E-state index contributed by atoms with van der Waals surface area (Å²) in [5, 5.41) is 0.287. The van der Waals surface area contributed by atoms with Crippen LogP contribution in [0, 0.1) is 0 Å². The summed E-state index contributed by atoms with van der Waals surface area (Å²) < 4.78 is 10.7. The molecule has 0 N–H and O–H groups in total. The molecule has 0 amide bonds. The summed E-state index contributed by atoms with van der Waals surface area (Å²) in [7, 11) is 0. The average molecular weight is 458 g/mol. The van der Waals surface area contributed by atoms with Crippen LogP contribution in [0.25, 0.3) is 11.1 Å². The van der Waals surface area contributed by atoms with E-state index in [1.54, 1.807) is 12.4 Å². The summed E-state index contributed by atoms with van der Waals surface area (Å²) in [6, 6.07) is 0. The molecule has 0 bridgehead atoms. The molecule has 0 radical (unpaired) electrons. The fourth-order valence-electron chi connectivity index (χ4n) is 3.48. The topological polar surface area (TPSA) is 130 Å². The molecule has 5 heterocycles. The lowest BCUT2D eigenvalue weighted by atomic mass is 9.92. The highest BCUT2D eigenvalue weighted by atomic mass is 16.6. The molecule has 34 heavy (non-hydrogen) atoms. The standard InChI is InChI=1S/C24H22N6O4/c1-23(2,3)13-9-25-11(7-27-13)15-17-19(33-21(15)31)30-18-16(22(32)34-20(18)29-17)12-8-28-14(10-26-12)24(4,5)6/h7-10H,1-6H3. The predicted molar refractivity (Wildman–Crippen MR) is 119 cm³/mol. The van der Waals surface area contributed by atoms with Crippen molar-refractivity contribution in [3.63, 3.8) is 0 Å². The van der Waals surface area contributed by atoms with E-state index in [2.05, 4.69) is 29.9 Å². The maximum Gasteiger partial charge on any atom is 0.349 e. The molecular weight excluding hydrogens is 436 g/mol. The fourth-order valence-corrected chi connectivity index (χ4v) is 3.48. The number of fused-ring (bicyclic) bond motifs is 2. The number of aromatic nitrogens is 6. The van der Waals surface area contributed by atoms with E-state index in [-0.39, 0.29) is 44.4 Å². The van der Waals surface area contributed by atoms with Crippen LogP contribution in [0.15, 0.2) is 24.8 Å². The molecule has 172 valence electrons. The van der Waals surface area contributed by atoms with E-state index < -0.39 is 11.9 Å². The Hall–Kier alpha value is -4.08. The number of rotatable bonds is 2. The minimum atomic E-state index is -0.654. The number of esters is 2. The lowest BCUT2D eigenvalue weighted by Crippen LogP contribution is -2.21. The highest BCUT2D eigenvalue weighted by Gasteiger charge is 2.34. The van der Waals surface area contributed by atoms with Crippen molar-refractivity contribution in [1.82, 2.24) is 29.9 Å². The van der Waals surface area contributed by atoms with Crippen LogP contribution >= 0.6 is 0 Å². The summed E-state index contributed by atoms with van der Waals surface area (Å²) in [5.41, 5.74) is 1.96. The first-order chi connectivity index (χ1) is 15.9. The molecule has 0 unspecified atom stereocenters. The van der Waals surface area contributed by atoms with E-state index in [9.17, 15) is 9.59 Å². The Morgan fingerprint density at radius 1 is 0.588 bits per heavy atom. The molecule has 0 fully saturated rings. The van der Waals surface area contributed by atoms with Crippen molar-refractivity contribution in [2.45, 2.75) is 52.4 Å². The first kappa shape index (κ1) is 21.7. The molecule has 0 saturated heterocycles. The van der Waals surface area contributed by atoms with E-state index in [0.717, 1.165) is 11.4 Å². The first-order valence-corrected chi connectivity index (χ1v) is 10.7. The number of ether oxygens (including phenoxy) is 2. The van der Waals surface area contributed by atoms with Crippen LogP contribution in [0.3, 0.4) is 0 Å². The Morgan fingerprint density at radius 2 is 0.971 bits per heavy atom. The van der Waals surface area contributed by atoms with Crippen molar-refractivity contribution in [1.29, 1.82) is 0 Å². The molecule has 0 saturated carbocycles. The third kappa shape index (κ3) is 3.51. The van der Waals surface area contributed by atoms with E-state index in [1.807, 2.05) is 41.5 Å². The lowest BCUT2D eigenvalue weighted by Gasteiger charge is -2.16. The third-order valence-corrected chi connectivity index (χ3v) is 5.45. The maximum atomic E-state index is 12.6. The van der Waals surface area contributed by atoms with Gasteiger partial charge in [-0.2, -0.15) is 0 Å². The van der Waals surface area contributed by atoms with Gasteiger partial charge in [0.2, 0.25) is 0 Å². The summed E-state index contributed by atoms with van der Waals surface area (Å²) in [6.45, 7) is 12.1. The summed E-state index contributed by atoms with van der Waals surface area (Å²) in [4.78, 5) is 51.6. The van der Waals surface area contributed by atoms with E-state index in [0.29, 0.717) is 11.4 Å². The van der Waals surface area contributed by atoms with Crippen LogP contribution in [0.1, 0.15) is 64.3 Å². The second-order valence-electron chi connectivity index (χ2n) is 10.1. The summed E-state index contributed by atoms with van der Waals surface area (Å²) >= 11 is 0. The monoisotopic (exact) mass is 458 g/mol. The first-order valence-electron chi connectivity index (χ1n) is 10.7. The van der Waals surface area contributed by atoms with Crippen LogP contribution in [0.4, 0.5) is 0 Å². The number of carbonyl (C=O) groups is 2. The van der Waals surface area contributed by atoms with Crippen molar-refractivity contribution in [2.24, 2.45) is 0 Å². The van der Waals surface area contributed by atoms with Crippen molar-refractivity contribution >= 4 is 23.1 Å². The smallest absolute Gasteiger partial charge is 0.349 e. The van der Waals surface area contributed by atoms with Gasteiger partial charge in [0.25, 0.3) is 11.8 Å². The number of hydrogen-bond donors (Lipinski definition) is 0. The van der Waals surface area contributed by atoms with Crippen molar-refractivity contribution in [2.75, 3.05) is 0 Å². The Balaban J connectivity index is 1.65. The Labute approximate surface area is 194 Å². The van der Waals surface area contributed by atoms with Crippen molar-refractivity contribution < 1.29 is 19.1 Å². The van der Waals surface area contributed by atoms with Crippen molar-refractivity contribution in [3.8, 4) is 11.8 Å². The van der Waals surface area contributed by atoms with Gasteiger partial charge in [-0.05, 0) is 0 Å². The molecule has 5 rings (SSSR count).